The maximum atomic E-state index is 12.5. The van der Waals surface area contributed by atoms with Crippen LogP contribution in [0, 0.1) is 0 Å². The minimum Gasteiger partial charge on any atom is -0.493 e. The molecule has 11 heteroatoms. The van der Waals surface area contributed by atoms with Crippen molar-refractivity contribution in [3.8, 4) is 45.9 Å². The third kappa shape index (κ3) is 4.91. The fraction of sp³-hybridized carbons (Fsp3) is 0.263. The molecule has 1 heterocycles. The minimum atomic E-state index is -3.00. The first-order valence-corrected chi connectivity index (χ1v) is 8.60. The van der Waals surface area contributed by atoms with Gasteiger partial charge in [0.1, 0.15) is 0 Å². The van der Waals surface area contributed by atoms with Crippen LogP contribution in [-0.2, 0) is 0 Å². The third-order valence-electron chi connectivity index (χ3n) is 3.76. The molecule has 0 saturated heterocycles. The highest BCUT2D eigenvalue weighted by Crippen LogP contribution is 2.36. The van der Waals surface area contributed by atoms with Crippen molar-refractivity contribution in [1.82, 2.24) is 10.2 Å². The summed E-state index contributed by atoms with van der Waals surface area (Å²) in [5, 5.41) is 7.85. The van der Waals surface area contributed by atoms with E-state index in [0.717, 1.165) is 0 Å². The minimum absolute atomic E-state index is 0.0553. The maximum Gasteiger partial charge on any atom is 0.387 e. The Hall–Kier alpha value is -3.50. The molecule has 3 rings (SSSR count). The second-order valence-electron chi connectivity index (χ2n) is 5.63. The van der Waals surface area contributed by atoms with Gasteiger partial charge in [-0.05, 0) is 43.3 Å². The Bertz CT molecular complexity index is 997. The standard InChI is InChI=1S/C19H16F4N2O5/c1-3-27-15-9-11(5-7-13(15)29-19(22)23)17-25-24-16(30-17)10-4-6-12(28-18(20)21)14(8-10)26-2/h4-9,18-19H,3H2,1-2H3. The van der Waals surface area contributed by atoms with E-state index in [9.17, 15) is 17.6 Å². The average Bonchev–Trinajstić information content (AvgIpc) is 3.19. The highest BCUT2D eigenvalue weighted by atomic mass is 19.3. The molecule has 0 N–H and O–H groups in total. The molecule has 0 aliphatic heterocycles. The predicted molar refractivity (Wildman–Crippen MR) is 96.2 cm³/mol. The number of nitrogens with zero attached hydrogens (tertiary/aromatic N) is 2. The van der Waals surface area contributed by atoms with Gasteiger partial charge in [0.2, 0.25) is 11.8 Å². The number of hydrogen-bond donors (Lipinski definition) is 0. The maximum absolute atomic E-state index is 12.5. The second kappa shape index (κ2) is 9.33. The number of methoxy groups -OCH3 is 1. The van der Waals surface area contributed by atoms with Crippen molar-refractivity contribution in [2.75, 3.05) is 13.7 Å². The zero-order chi connectivity index (χ0) is 21.7. The lowest BCUT2D eigenvalue weighted by molar-refractivity contribution is -0.0519. The molecule has 0 fully saturated rings. The number of aromatic nitrogens is 2. The van der Waals surface area contributed by atoms with Crippen LogP contribution in [0.5, 0.6) is 23.0 Å². The largest absolute Gasteiger partial charge is 0.493 e. The highest BCUT2D eigenvalue weighted by molar-refractivity contribution is 5.63. The number of alkyl halides is 4. The Labute approximate surface area is 168 Å². The Kier molecular flexibility index (Phi) is 6.60. The first-order valence-electron chi connectivity index (χ1n) is 8.60. The fourth-order valence-corrected chi connectivity index (χ4v) is 2.55. The summed E-state index contributed by atoms with van der Waals surface area (Å²) in [6.07, 6.45) is 0. The van der Waals surface area contributed by atoms with E-state index in [0.29, 0.717) is 11.1 Å². The van der Waals surface area contributed by atoms with Gasteiger partial charge in [0.25, 0.3) is 0 Å². The fourth-order valence-electron chi connectivity index (χ4n) is 2.55. The van der Waals surface area contributed by atoms with E-state index in [2.05, 4.69) is 19.7 Å². The quantitative estimate of drug-likeness (QED) is 0.443. The molecule has 0 atom stereocenters. The summed E-state index contributed by atoms with van der Waals surface area (Å²) in [4.78, 5) is 0. The summed E-state index contributed by atoms with van der Waals surface area (Å²) < 4.78 is 74.8. The van der Waals surface area contributed by atoms with Gasteiger partial charge in [-0.1, -0.05) is 0 Å². The normalized spacial score (nSPS) is 11.1. The van der Waals surface area contributed by atoms with E-state index in [1.165, 1.54) is 43.5 Å². The average molecular weight is 428 g/mol. The molecule has 1 aromatic heterocycles. The van der Waals surface area contributed by atoms with E-state index in [-0.39, 0.29) is 41.4 Å². The van der Waals surface area contributed by atoms with Crippen molar-refractivity contribution in [3.05, 3.63) is 36.4 Å². The molecule has 0 aliphatic carbocycles. The van der Waals surface area contributed by atoms with Gasteiger partial charge in [0.15, 0.2) is 23.0 Å². The molecule has 0 bridgehead atoms. The van der Waals surface area contributed by atoms with Gasteiger partial charge in [-0.2, -0.15) is 17.6 Å². The van der Waals surface area contributed by atoms with Crippen molar-refractivity contribution >= 4 is 0 Å². The number of ether oxygens (including phenoxy) is 4. The first kappa shape index (κ1) is 21.2. The van der Waals surface area contributed by atoms with Crippen LogP contribution in [0.3, 0.4) is 0 Å². The lowest BCUT2D eigenvalue weighted by atomic mass is 10.2. The molecule has 0 saturated carbocycles. The molecule has 7 nitrogen and oxygen atoms in total. The number of halogens is 4. The molecule has 160 valence electrons. The Morgan fingerprint density at radius 3 is 1.77 bits per heavy atom. The van der Waals surface area contributed by atoms with E-state index >= 15 is 0 Å². The van der Waals surface area contributed by atoms with E-state index < -0.39 is 13.2 Å². The second-order valence-corrected chi connectivity index (χ2v) is 5.63. The van der Waals surface area contributed by atoms with E-state index in [1.807, 2.05) is 0 Å². The molecule has 3 aromatic rings. The first-order chi connectivity index (χ1) is 14.4. The van der Waals surface area contributed by atoms with Crippen LogP contribution in [0.2, 0.25) is 0 Å². The van der Waals surface area contributed by atoms with Crippen molar-refractivity contribution in [2.24, 2.45) is 0 Å². The van der Waals surface area contributed by atoms with Crippen LogP contribution < -0.4 is 18.9 Å². The SMILES string of the molecule is CCOc1cc(-c2nnc(-c3ccc(OC(F)F)c(OC)c3)o2)ccc1OC(F)F. The highest BCUT2D eigenvalue weighted by Gasteiger charge is 2.18. The Balaban J connectivity index is 1.90. The summed E-state index contributed by atoms with van der Waals surface area (Å²) in [5.74, 6) is 0.0331. The summed E-state index contributed by atoms with van der Waals surface area (Å²) in [6, 6.07) is 8.32. The molecule has 0 spiro atoms. The van der Waals surface area contributed by atoms with Crippen LogP contribution in [0.25, 0.3) is 22.9 Å². The zero-order valence-corrected chi connectivity index (χ0v) is 15.8. The molecule has 0 aliphatic rings. The summed E-state index contributed by atoms with van der Waals surface area (Å²) in [6.45, 7) is -4.09. The molecule has 0 radical (unpaired) electrons. The van der Waals surface area contributed by atoms with Gasteiger partial charge < -0.3 is 23.4 Å². The van der Waals surface area contributed by atoms with Crippen molar-refractivity contribution in [3.63, 3.8) is 0 Å². The summed E-state index contributed by atoms with van der Waals surface area (Å²) >= 11 is 0. The van der Waals surface area contributed by atoms with Crippen molar-refractivity contribution < 1.29 is 40.9 Å². The molecule has 0 unspecified atom stereocenters. The number of rotatable bonds is 9. The summed E-state index contributed by atoms with van der Waals surface area (Å²) in [7, 11) is 1.30. The smallest absolute Gasteiger partial charge is 0.387 e. The molecule has 2 aromatic carbocycles. The van der Waals surface area contributed by atoms with Gasteiger partial charge in [0, 0.05) is 11.1 Å². The van der Waals surface area contributed by atoms with Gasteiger partial charge in [-0.25, -0.2) is 0 Å². The van der Waals surface area contributed by atoms with Gasteiger partial charge in [-0.15, -0.1) is 10.2 Å². The van der Waals surface area contributed by atoms with Gasteiger partial charge in [0.05, 0.1) is 13.7 Å². The summed E-state index contributed by atoms with van der Waals surface area (Å²) in [5.41, 5.74) is 0.804. The van der Waals surface area contributed by atoms with Crippen molar-refractivity contribution in [2.45, 2.75) is 20.1 Å². The molecule has 30 heavy (non-hydrogen) atoms. The van der Waals surface area contributed by atoms with Crippen LogP contribution in [0.15, 0.2) is 40.8 Å². The van der Waals surface area contributed by atoms with E-state index in [1.54, 1.807) is 6.92 Å². The lowest BCUT2D eigenvalue weighted by Crippen LogP contribution is -2.04. The van der Waals surface area contributed by atoms with Crippen LogP contribution in [-0.4, -0.2) is 37.1 Å². The lowest BCUT2D eigenvalue weighted by Gasteiger charge is -2.11. The third-order valence-corrected chi connectivity index (χ3v) is 3.76. The molecule has 0 amide bonds. The van der Waals surface area contributed by atoms with Crippen molar-refractivity contribution in [1.29, 1.82) is 0 Å². The molecular weight excluding hydrogens is 412 g/mol. The number of benzene rings is 2. The molecular formula is C19H16F4N2O5. The monoisotopic (exact) mass is 428 g/mol. The topological polar surface area (TPSA) is 75.8 Å². The Morgan fingerprint density at radius 1 is 0.800 bits per heavy atom. The van der Waals surface area contributed by atoms with Gasteiger partial charge >= 0.3 is 13.2 Å². The van der Waals surface area contributed by atoms with Crippen LogP contribution in [0.1, 0.15) is 6.92 Å². The van der Waals surface area contributed by atoms with Crippen LogP contribution >= 0.6 is 0 Å². The zero-order valence-electron chi connectivity index (χ0n) is 15.8. The number of hydrogen-bond acceptors (Lipinski definition) is 7. The predicted octanol–water partition coefficient (Wildman–Crippen LogP) is 5.01. The van der Waals surface area contributed by atoms with Gasteiger partial charge in [-0.3, -0.25) is 0 Å². The Morgan fingerprint density at radius 2 is 1.30 bits per heavy atom. The van der Waals surface area contributed by atoms with E-state index in [4.69, 9.17) is 13.9 Å². The van der Waals surface area contributed by atoms with Crippen LogP contribution in [0.4, 0.5) is 17.6 Å².